The van der Waals surface area contributed by atoms with Crippen molar-refractivity contribution in [3.63, 3.8) is 0 Å². The highest BCUT2D eigenvalue weighted by Gasteiger charge is 1.98. The fourth-order valence-corrected chi connectivity index (χ4v) is 1.63. The molecule has 0 aromatic heterocycles. The lowest BCUT2D eigenvalue weighted by Crippen LogP contribution is -2.34. The van der Waals surface area contributed by atoms with Crippen LogP contribution in [-0.2, 0) is 28.4 Å². The van der Waals surface area contributed by atoms with Crippen LogP contribution in [0.15, 0.2) is 11.6 Å². The third-order valence-electron chi connectivity index (χ3n) is 3.02. The molecule has 0 aliphatic carbocycles. The molecule has 0 spiro atoms. The molecule has 0 amide bonds. The summed E-state index contributed by atoms with van der Waals surface area (Å²) in [5.74, 6) is 0.765. The molecule has 10 heteroatoms. The standard InChI is InChI=1S/C16H36N4O6/c1-21-7-9-25-13-11-23-5-3-19-15(17)16(18)20-4-6-24-12-14-26-10-8-22-2/h19-20H,3-14,17-18H2,1-2H3/b16-15-. The Labute approximate surface area is 156 Å². The van der Waals surface area contributed by atoms with Crippen LogP contribution >= 0.6 is 0 Å². The van der Waals surface area contributed by atoms with Gasteiger partial charge in [-0.25, -0.2) is 0 Å². The number of rotatable bonds is 20. The second-order valence-electron chi connectivity index (χ2n) is 5.12. The van der Waals surface area contributed by atoms with Gasteiger partial charge in [0.2, 0.25) is 0 Å². The van der Waals surface area contributed by atoms with Gasteiger partial charge in [0.15, 0.2) is 0 Å². The molecule has 10 nitrogen and oxygen atoms in total. The molecule has 26 heavy (non-hydrogen) atoms. The van der Waals surface area contributed by atoms with E-state index in [1.165, 1.54) is 0 Å². The van der Waals surface area contributed by atoms with Gasteiger partial charge < -0.3 is 50.5 Å². The number of hydrogen-bond donors (Lipinski definition) is 4. The summed E-state index contributed by atoms with van der Waals surface area (Å²) in [5, 5.41) is 5.97. The van der Waals surface area contributed by atoms with Crippen molar-refractivity contribution >= 4 is 0 Å². The zero-order valence-corrected chi connectivity index (χ0v) is 16.1. The summed E-state index contributed by atoms with van der Waals surface area (Å²) in [6.45, 7) is 6.56. The predicted molar refractivity (Wildman–Crippen MR) is 98.4 cm³/mol. The van der Waals surface area contributed by atoms with Crippen LogP contribution in [0.25, 0.3) is 0 Å². The lowest BCUT2D eigenvalue weighted by molar-refractivity contribution is 0.0256. The number of nitrogens with two attached hydrogens (primary N) is 2. The van der Waals surface area contributed by atoms with E-state index in [9.17, 15) is 0 Å². The maximum atomic E-state index is 5.84. The highest BCUT2D eigenvalue weighted by Crippen LogP contribution is 1.85. The Morgan fingerprint density at radius 1 is 0.538 bits per heavy atom. The topological polar surface area (TPSA) is 131 Å². The van der Waals surface area contributed by atoms with Crippen molar-refractivity contribution in [1.82, 2.24) is 10.6 Å². The van der Waals surface area contributed by atoms with Crippen molar-refractivity contribution in [3.8, 4) is 0 Å². The Bertz CT molecular complexity index is 304. The number of methoxy groups -OCH3 is 2. The molecular formula is C16H36N4O6. The number of hydrogen-bond acceptors (Lipinski definition) is 10. The fraction of sp³-hybridized carbons (Fsp3) is 0.875. The lowest BCUT2D eigenvalue weighted by atomic mass is 10.5. The minimum atomic E-state index is 0.382. The lowest BCUT2D eigenvalue weighted by Gasteiger charge is -2.12. The Morgan fingerprint density at radius 3 is 1.19 bits per heavy atom. The van der Waals surface area contributed by atoms with Gasteiger partial charge in [0.25, 0.3) is 0 Å². The van der Waals surface area contributed by atoms with Gasteiger partial charge in [0, 0.05) is 27.3 Å². The van der Waals surface area contributed by atoms with Crippen molar-refractivity contribution < 1.29 is 28.4 Å². The largest absolute Gasteiger partial charge is 0.383 e. The minimum Gasteiger partial charge on any atom is -0.383 e. The molecule has 0 radical (unpaired) electrons. The highest BCUT2D eigenvalue weighted by molar-refractivity contribution is 5.03. The summed E-state index contributed by atoms with van der Waals surface area (Å²) < 4.78 is 31.1. The van der Waals surface area contributed by atoms with E-state index in [4.69, 9.17) is 39.9 Å². The summed E-state index contributed by atoms with van der Waals surface area (Å²) in [6.07, 6.45) is 0. The second-order valence-corrected chi connectivity index (χ2v) is 5.12. The van der Waals surface area contributed by atoms with Crippen LogP contribution in [0.2, 0.25) is 0 Å². The number of nitrogens with one attached hydrogen (secondary N) is 2. The van der Waals surface area contributed by atoms with E-state index in [0.717, 1.165) is 0 Å². The van der Waals surface area contributed by atoms with Gasteiger partial charge in [-0.15, -0.1) is 0 Å². The molecule has 0 aromatic rings. The first-order valence-corrected chi connectivity index (χ1v) is 8.74. The first kappa shape index (κ1) is 24.7. The first-order chi connectivity index (χ1) is 12.7. The maximum absolute atomic E-state index is 5.84. The molecule has 0 aromatic carbocycles. The van der Waals surface area contributed by atoms with Crippen molar-refractivity contribution in [2.75, 3.05) is 93.4 Å². The maximum Gasteiger partial charge on any atom is 0.137 e. The van der Waals surface area contributed by atoms with E-state index >= 15 is 0 Å². The van der Waals surface area contributed by atoms with Gasteiger partial charge in [0.05, 0.1) is 66.1 Å². The monoisotopic (exact) mass is 380 g/mol. The van der Waals surface area contributed by atoms with Crippen molar-refractivity contribution in [3.05, 3.63) is 11.6 Å². The van der Waals surface area contributed by atoms with Gasteiger partial charge in [0.1, 0.15) is 11.6 Å². The second kappa shape index (κ2) is 20.0. The molecule has 0 saturated heterocycles. The van der Waals surface area contributed by atoms with Crippen LogP contribution in [0.4, 0.5) is 0 Å². The average Bonchev–Trinajstić information content (AvgIpc) is 2.65. The molecule has 0 aliphatic rings. The number of ether oxygens (including phenoxy) is 6. The summed E-state index contributed by atoms with van der Waals surface area (Å²) in [6, 6.07) is 0. The van der Waals surface area contributed by atoms with E-state index < -0.39 is 0 Å². The van der Waals surface area contributed by atoms with Gasteiger partial charge in [-0.3, -0.25) is 0 Å². The smallest absolute Gasteiger partial charge is 0.137 e. The van der Waals surface area contributed by atoms with Gasteiger partial charge >= 0.3 is 0 Å². The Hall–Kier alpha value is -1.30. The van der Waals surface area contributed by atoms with Crippen molar-refractivity contribution in [2.45, 2.75) is 0 Å². The van der Waals surface area contributed by atoms with Gasteiger partial charge in [-0.2, -0.15) is 0 Å². The molecule has 0 heterocycles. The normalized spacial score (nSPS) is 12.1. The molecular weight excluding hydrogens is 344 g/mol. The van der Waals surface area contributed by atoms with Gasteiger partial charge in [-0.1, -0.05) is 0 Å². The molecule has 0 unspecified atom stereocenters. The van der Waals surface area contributed by atoms with E-state index in [-0.39, 0.29) is 0 Å². The van der Waals surface area contributed by atoms with Crippen LogP contribution in [-0.4, -0.2) is 93.4 Å². The Morgan fingerprint density at radius 2 is 0.846 bits per heavy atom. The summed E-state index contributed by atoms with van der Waals surface area (Å²) in [4.78, 5) is 0. The minimum absolute atomic E-state index is 0.382. The molecule has 0 saturated carbocycles. The van der Waals surface area contributed by atoms with Crippen LogP contribution in [0.3, 0.4) is 0 Å². The summed E-state index contributed by atoms with van der Waals surface area (Å²) in [5.41, 5.74) is 11.7. The molecule has 6 N–H and O–H groups in total. The predicted octanol–water partition coefficient (Wildman–Crippen LogP) is -1.43. The summed E-state index contributed by atoms with van der Waals surface area (Å²) in [7, 11) is 3.27. The first-order valence-electron chi connectivity index (χ1n) is 8.74. The Kier molecular flexibility index (Phi) is 19.0. The van der Waals surface area contributed by atoms with Crippen LogP contribution in [0.1, 0.15) is 0 Å². The van der Waals surface area contributed by atoms with E-state index in [1.807, 2.05) is 0 Å². The summed E-state index contributed by atoms with van der Waals surface area (Å²) >= 11 is 0. The van der Waals surface area contributed by atoms with E-state index in [2.05, 4.69) is 10.6 Å². The average molecular weight is 380 g/mol. The third-order valence-corrected chi connectivity index (χ3v) is 3.02. The van der Waals surface area contributed by atoms with Crippen LogP contribution < -0.4 is 22.1 Å². The Balaban J connectivity index is 3.43. The van der Waals surface area contributed by atoms with E-state index in [0.29, 0.717) is 90.8 Å². The zero-order valence-electron chi connectivity index (χ0n) is 16.1. The van der Waals surface area contributed by atoms with E-state index in [1.54, 1.807) is 14.2 Å². The molecule has 0 bridgehead atoms. The molecule has 0 rings (SSSR count). The fourth-order valence-electron chi connectivity index (χ4n) is 1.63. The SMILES string of the molecule is COCCOCCOCCN/C(N)=C(/N)NCCOCCOCCOC. The third kappa shape index (κ3) is 17.5. The highest BCUT2D eigenvalue weighted by atomic mass is 16.5. The van der Waals surface area contributed by atoms with Crippen molar-refractivity contribution in [1.29, 1.82) is 0 Å². The quantitative estimate of drug-likeness (QED) is 0.186. The zero-order chi connectivity index (χ0) is 19.3. The molecule has 0 atom stereocenters. The van der Waals surface area contributed by atoms with Crippen molar-refractivity contribution in [2.24, 2.45) is 11.5 Å². The van der Waals surface area contributed by atoms with Crippen LogP contribution in [0.5, 0.6) is 0 Å². The molecule has 0 aliphatic heterocycles. The molecule has 156 valence electrons. The van der Waals surface area contributed by atoms with Gasteiger partial charge in [-0.05, 0) is 0 Å². The molecule has 0 fully saturated rings. The van der Waals surface area contributed by atoms with Crippen LogP contribution in [0, 0.1) is 0 Å².